The van der Waals surface area contributed by atoms with E-state index in [1.165, 1.54) is 0 Å². The summed E-state index contributed by atoms with van der Waals surface area (Å²) in [6.07, 6.45) is 0.206. The third-order valence-electron chi connectivity index (χ3n) is 3.86. The Morgan fingerprint density at radius 3 is 2.67 bits per heavy atom. The van der Waals surface area contributed by atoms with Crippen LogP contribution >= 0.6 is 15.9 Å². The van der Waals surface area contributed by atoms with Gasteiger partial charge in [0.25, 0.3) is 0 Å². The molecule has 0 radical (unpaired) electrons. The quantitative estimate of drug-likeness (QED) is 0.885. The van der Waals surface area contributed by atoms with Crippen LogP contribution in [0.5, 0.6) is 0 Å². The predicted octanol–water partition coefficient (Wildman–Crippen LogP) is 3.79. The van der Waals surface area contributed by atoms with Crippen LogP contribution in [0.1, 0.15) is 26.7 Å². The van der Waals surface area contributed by atoms with Gasteiger partial charge in [-0.1, -0.05) is 47.1 Å². The van der Waals surface area contributed by atoms with Crippen molar-refractivity contribution in [2.24, 2.45) is 11.3 Å². The van der Waals surface area contributed by atoms with Crippen LogP contribution in [0.3, 0.4) is 0 Å². The molecule has 1 atom stereocenters. The van der Waals surface area contributed by atoms with Crippen molar-refractivity contribution >= 4 is 21.9 Å². The monoisotopic (exact) mass is 352 g/mol. The highest BCUT2D eigenvalue weighted by Crippen LogP contribution is 2.32. The Balaban J connectivity index is 2.29. The second kappa shape index (κ2) is 5.97. The predicted molar refractivity (Wildman–Crippen MR) is 81.7 cm³/mol. The molecule has 1 unspecified atom stereocenters. The maximum absolute atomic E-state index is 11.5. The van der Waals surface area contributed by atoms with Crippen molar-refractivity contribution < 1.29 is 14.4 Å². The van der Waals surface area contributed by atoms with Gasteiger partial charge in [0.05, 0.1) is 5.41 Å². The minimum Gasteiger partial charge on any atom is -0.481 e. The van der Waals surface area contributed by atoms with Crippen molar-refractivity contribution in [1.82, 2.24) is 10.1 Å². The van der Waals surface area contributed by atoms with Gasteiger partial charge in [0, 0.05) is 16.5 Å². The zero-order chi connectivity index (χ0) is 15.6. The fourth-order valence-corrected chi connectivity index (χ4v) is 2.38. The molecule has 0 fully saturated rings. The first-order chi connectivity index (χ1) is 9.84. The lowest BCUT2D eigenvalue weighted by molar-refractivity contribution is -0.150. The summed E-state index contributed by atoms with van der Waals surface area (Å²) >= 11 is 3.43. The van der Waals surface area contributed by atoms with Gasteiger partial charge in [0.2, 0.25) is 11.7 Å². The number of hydrogen-bond acceptors (Lipinski definition) is 4. The highest BCUT2D eigenvalue weighted by molar-refractivity contribution is 9.10. The van der Waals surface area contributed by atoms with Crippen LogP contribution in [-0.2, 0) is 11.2 Å². The Bertz CT molecular complexity index is 654. The summed E-state index contributed by atoms with van der Waals surface area (Å²) in [4.78, 5) is 15.8. The van der Waals surface area contributed by atoms with E-state index in [0.717, 1.165) is 10.0 Å². The van der Waals surface area contributed by atoms with Crippen LogP contribution in [0.25, 0.3) is 11.4 Å². The molecule has 0 bridgehead atoms. The van der Waals surface area contributed by atoms with Crippen molar-refractivity contribution in [3.05, 3.63) is 34.6 Å². The van der Waals surface area contributed by atoms with E-state index < -0.39 is 11.4 Å². The lowest BCUT2D eigenvalue weighted by Gasteiger charge is -2.27. The second-order valence-corrected chi connectivity index (χ2v) is 6.40. The zero-order valence-electron chi connectivity index (χ0n) is 12.1. The Hall–Kier alpha value is -1.69. The third-order valence-corrected chi connectivity index (χ3v) is 4.56. The van der Waals surface area contributed by atoms with Crippen LogP contribution in [0, 0.1) is 11.3 Å². The molecule has 2 rings (SSSR count). The first kappa shape index (κ1) is 15.7. The summed E-state index contributed by atoms with van der Waals surface area (Å²) in [5.41, 5.74) is -0.119. The van der Waals surface area contributed by atoms with Crippen molar-refractivity contribution in [2.75, 3.05) is 0 Å². The average molecular weight is 353 g/mol. The molecule has 5 nitrogen and oxygen atoms in total. The van der Waals surface area contributed by atoms with Gasteiger partial charge in [-0.25, -0.2) is 0 Å². The smallest absolute Gasteiger partial charge is 0.310 e. The maximum atomic E-state index is 11.5. The molecule has 21 heavy (non-hydrogen) atoms. The van der Waals surface area contributed by atoms with E-state index in [0.29, 0.717) is 11.7 Å². The zero-order valence-corrected chi connectivity index (χ0v) is 13.7. The molecule has 0 amide bonds. The standard InChI is InChI=1S/C15H17BrN2O3/c1-9(2)15(3,14(19)20)8-12-17-13(18-21-12)10-6-4-5-7-11(10)16/h4-7,9H,8H2,1-3H3,(H,19,20). The Labute approximate surface area is 131 Å². The molecule has 0 aliphatic carbocycles. The molecular formula is C15H17BrN2O3. The van der Waals surface area contributed by atoms with E-state index in [-0.39, 0.29) is 12.3 Å². The number of halogens is 1. The maximum Gasteiger partial charge on any atom is 0.310 e. The number of carboxylic acid groups (broad SMARTS) is 1. The van der Waals surface area contributed by atoms with Crippen molar-refractivity contribution in [2.45, 2.75) is 27.2 Å². The molecule has 0 aliphatic rings. The summed E-state index contributed by atoms with van der Waals surface area (Å²) in [6, 6.07) is 7.54. The van der Waals surface area contributed by atoms with Gasteiger partial charge in [-0.3, -0.25) is 4.79 Å². The Kier molecular flexibility index (Phi) is 4.46. The number of aromatic nitrogens is 2. The number of hydrogen-bond donors (Lipinski definition) is 1. The SMILES string of the molecule is CC(C)C(C)(Cc1nc(-c2ccccc2Br)no1)C(=O)O. The molecule has 1 N–H and O–H groups in total. The van der Waals surface area contributed by atoms with Crippen LogP contribution in [0.4, 0.5) is 0 Å². The minimum absolute atomic E-state index is 0.0474. The van der Waals surface area contributed by atoms with Crippen molar-refractivity contribution in [3.8, 4) is 11.4 Å². The largest absolute Gasteiger partial charge is 0.481 e. The summed E-state index contributed by atoms with van der Waals surface area (Å²) in [6.45, 7) is 5.45. The van der Waals surface area contributed by atoms with Gasteiger partial charge in [-0.15, -0.1) is 0 Å². The van der Waals surface area contributed by atoms with Crippen molar-refractivity contribution in [1.29, 1.82) is 0 Å². The normalized spacial score (nSPS) is 14.1. The molecular weight excluding hydrogens is 336 g/mol. The van der Waals surface area contributed by atoms with Gasteiger partial charge >= 0.3 is 5.97 Å². The summed E-state index contributed by atoms with van der Waals surface area (Å²) in [5, 5.41) is 13.4. The molecule has 0 saturated heterocycles. The van der Waals surface area contributed by atoms with Gasteiger partial charge < -0.3 is 9.63 Å². The minimum atomic E-state index is -0.933. The fourth-order valence-electron chi connectivity index (χ4n) is 1.92. The molecule has 0 saturated carbocycles. The van der Waals surface area contributed by atoms with E-state index in [1.807, 2.05) is 38.1 Å². The molecule has 0 spiro atoms. The molecule has 6 heteroatoms. The van der Waals surface area contributed by atoms with Crippen LogP contribution < -0.4 is 0 Å². The molecule has 1 heterocycles. The number of rotatable bonds is 5. The lowest BCUT2D eigenvalue weighted by atomic mass is 9.76. The average Bonchev–Trinajstić information content (AvgIpc) is 2.86. The Morgan fingerprint density at radius 2 is 2.10 bits per heavy atom. The van der Waals surface area contributed by atoms with E-state index in [9.17, 15) is 9.90 Å². The topological polar surface area (TPSA) is 76.2 Å². The number of aliphatic carboxylic acids is 1. The summed E-state index contributed by atoms with van der Waals surface area (Å²) in [5.74, 6) is -0.125. The van der Waals surface area contributed by atoms with Crippen molar-refractivity contribution in [3.63, 3.8) is 0 Å². The number of nitrogens with zero attached hydrogens (tertiary/aromatic N) is 2. The second-order valence-electron chi connectivity index (χ2n) is 5.55. The van der Waals surface area contributed by atoms with E-state index >= 15 is 0 Å². The molecule has 2 aromatic rings. The lowest BCUT2D eigenvalue weighted by Crippen LogP contribution is -2.35. The first-order valence-corrected chi connectivity index (χ1v) is 7.45. The summed E-state index contributed by atoms with van der Waals surface area (Å²) in [7, 11) is 0. The van der Waals surface area contributed by atoms with E-state index in [1.54, 1.807) is 6.92 Å². The van der Waals surface area contributed by atoms with Gasteiger partial charge in [-0.2, -0.15) is 4.98 Å². The van der Waals surface area contributed by atoms with E-state index in [4.69, 9.17) is 4.52 Å². The van der Waals surface area contributed by atoms with Gasteiger partial charge in [0.15, 0.2) is 0 Å². The fraction of sp³-hybridized carbons (Fsp3) is 0.400. The number of carboxylic acids is 1. The van der Waals surface area contributed by atoms with E-state index in [2.05, 4.69) is 26.1 Å². The molecule has 1 aromatic carbocycles. The molecule has 1 aromatic heterocycles. The van der Waals surface area contributed by atoms with Crippen LogP contribution in [-0.4, -0.2) is 21.2 Å². The van der Waals surface area contributed by atoms with Gasteiger partial charge in [0.1, 0.15) is 0 Å². The molecule has 0 aliphatic heterocycles. The Morgan fingerprint density at radius 1 is 1.43 bits per heavy atom. The molecule has 112 valence electrons. The highest BCUT2D eigenvalue weighted by Gasteiger charge is 2.38. The highest BCUT2D eigenvalue weighted by atomic mass is 79.9. The summed E-state index contributed by atoms with van der Waals surface area (Å²) < 4.78 is 6.09. The number of carbonyl (C=O) groups is 1. The number of benzene rings is 1. The van der Waals surface area contributed by atoms with Crippen LogP contribution in [0.2, 0.25) is 0 Å². The first-order valence-electron chi connectivity index (χ1n) is 6.65. The third kappa shape index (κ3) is 3.15. The van der Waals surface area contributed by atoms with Crippen LogP contribution in [0.15, 0.2) is 33.3 Å². The van der Waals surface area contributed by atoms with Gasteiger partial charge in [-0.05, 0) is 25.0 Å².